The minimum Gasteiger partial charge on any atom is -0.317 e. The summed E-state index contributed by atoms with van der Waals surface area (Å²) in [4.78, 5) is 27.0. The minimum absolute atomic E-state index is 0.297. The van der Waals surface area contributed by atoms with E-state index in [2.05, 4.69) is 5.32 Å². The molecule has 3 aromatic rings. The average Bonchev–Trinajstić information content (AvgIpc) is 2.70. The van der Waals surface area contributed by atoms with Gasteiger partial charge in [0.1, 0.15) is 0 Å². The van der Waals surface area contributed by atoms with E-state index in [0.29, 0.717) is 22.9 Å². The van der Waals surface area contributed by atoms with Crippen molar-refractivity contribution in [3.05, 3.63) is 95.0 Å². The van der Waals surface area contributed by atoms with Gasteiger partial charge in [-0.15, -0.1) is 0 Å². The number of carbonyl (C=O) groups is 2. The molecule has 0 radical (unpaired) electrons. The SMILES string of the molecule is Cc1c(Cl)cccc1NC(=O)C(=O)N(Cc1ccccc1)c1ccccc1. The Balaban J connectivity index is 1.86. The van der Waals surface area contributed by atoms with Gasteiger partial charge >= 0.3 is 11.8 Å². The zero-order valence-electron chi connectivity index (χ0n) is 14.9. The second kappa shape index (κ2) is 8.52. The fourth-order valence-electron chi connectivity index (χ4n) is 2.70. The minimum atomic E-state index is -0.708. The van der Waals surface area contributed by atoms with Crippen LogP contribution in [0, 0.1) is 6.92 Å². The zero-order valence-corrected chi connectivity index (χ0v) is 15.6. The van der Waals surface area contributed by atoms with Crippen molar-refractivity contribution in [2.75, 3.05) is 10.2 Å². The third-order valence-electron chi connectivity index (χ3n) is 4.21. The van der Waals surface area contributed by atoms with Gasteiger partial charge in [0.25, 0.3) is 0 Å². The summed E-state index contributed by atoms with van der Waals surface area (Å²) in [5.41, 5.74) is 2.83. The van der Waals surface area contributed by atoms with Gasteiger partial charge in [0.2, 0.25) is 0 Å². The zero-order chi connectivity index (χ0) is 19.2. The molecule has 0 fully saturated rings. The summed E-state index contributed by atoms with van der Waals surface area (Å²) in [7, 11) is 0. The standard InChI is InChI=1S/C22H19ClN2O2/c1-16-19(23)13-8-14-20(16)24-21(26)22(27)25(18-11-6-3-7-12-18)15-17-9-4-2-5-10-17/h2-14H,15H2,1H3,(H,24,26). The quantitative estimate of drug-likeness (QED) is 0.661. The van der Waals surface area contributed by atoms with Crippen LogP contribution >= 0.6 is 11.6 Å². The first-order valence-corrected chi connectivity index (χ1v) is 8.91. The molecule has 0 heterocycles. The van der Waals surface area contributed by atoms with Crippen molar-refractivity contribution >= 4 is 34.8 Å². The van der Waals surface area contributed by atoms with E-state index in [-0.39, 0.29) is 0 Å². The van der Waals surface area contributed by atoms with Crippen LogP contribution < -0.4 is 10.2 Å². The normalized spacial score (nSPS) is 10.3. The van der Waals surface area contributed by atoms with Crippen molar-refractivity contribution in [2.24, 2.45) is 0 Å². The molecule has 0 saturated carbocycles. The summed E-state index contributed by atoms with van der Waals surface area (Å²) in [5.74, 6) is -1.34. The molecule has 0 saturated heterocycles. The molecule has 0 aromatic heterocycles. The Morgan fingerprint density at radius 3 is 2.19 bits per heavy atom. The lowest BCUT2D eigenvalue weighted by atomic mass is 10.1. The fourth-order valence-corrected chi connectivity index (χ4v) is 2.87. The highest BCUT2D eigenvalue weighted by Crippen LogP contribution is 2.23. The molecule has 1 N–H and O–H groups in total. The van der Waals surface area contributed by atoms with E-state index < -0.39 is 11.8 Å². The summed E-state index contributed by atoms with van der Waals surface area (Å²) < 4.78 is 0. The number of para-hydroxylation sites is 1. The number of carbonyl (C=O) groups excluding carboxylic acids is 2. The second-order valence-corrected chi connectivity index (χ2v) is 6.49. The molecule has 0 atom stereocenters. The highest BCUT2D eigenvalue weighted by Gasteiger charge is 2.24. The third kappa shape index (κ3) is 4.54. The van der Waals surface area contributed by atoms with Crippen molar-refractivity contribution in [3.8, 4) is 0 Å². The maximum Gasteiger partial charge on any atom is 0.316 e. The molecule has 0 aliphatic heterocycles. The monoisotopic (exact) mass is 378 g/mol. The van der Waals surface area contributed by atoms with Crippen LogP contribution in [0.2, 0.25) is 5.02 Å². The number of hydrogen-bond acceptors (Lipinski definition) is 2. The number of nitrogens with zero attached hydrogens (tertiary/aromatic N) is 1. The molecule has 3 aromatic carbocycles. The Kier molecular flexibility index (Phi) is 5.89. The van der Waals surface area contributed by atoms with Crippen LogP contribution in [-0.2, 0) is 16.1 Å². The first kappa shape index (κ1) is 18.7. The van der Waals surface area contributed by atoms with E-state index >= 15 is 0 Å². The lowest BCUT2D eigenvalue weighted by molar-refractivity contribution is -0.134. The van der Waals surface area contributed by atoms with Crippen LogP contribution in [0.4, 0.5) is 11.4 Å². The molecule has 0 spiro atoms. The highest BCUT2D eigenvalue weighted by molar-refractivity contribution is 6.44. The predicted octanol–water partition coefficient (Wildman–Crippen LogP) is 4.82. The first-order valence-electron chi connectivity index (χ1n) is 8.53. The number of rotatable bonds is 4. The molecule has 5 heteroatoms. The van der Waals surface area contributed by atoms with Crippen LogP contribution in [0.1, 0.15) is 11.1 Å². The van der Waals surface area contributed by atoms with Crippen LogP contribution in [0.15, 0.2) is 78.9 Å². The summed E-state index contributed by atoms with van der Waals surface area (Å²) in [6.45, 7) is 2.09. The number of benzene rings is 3. The summed E-state index contributed by atoms with van der Waals surface area (Å²) in [6.07, 6.45) is 0. The third-order valence-corrected chi connectivity index (χ3v) is 4.62. The molecular formula is C22H19ClN2O2. The van der Waals surface area contributed by atoms with E-state index in [4.69, 9.17) is 11.6 Å². The van der Waals surface area contributed by atoms with Crippen LogP contribution in [0.25, 0.3) is 0 Å². The van der Waals surface area contributed by atoms with E-state index in [1.54, 1.807) is 37.3 Å². The molecule has 136 valence electrons. The Labute approximate surface area is 163 Å². The maximum atomic E-state index is 12.9. The number of nitrogens with one attached hydrogen (secondary N) is 1. The van der Waals surface area contributed by atoms with Gasteiger partial charge in [0.05, 0.1) is 6.54 Å². The van der Waals surface area contributed by atoms with E-state index in [0.717, 1.165) is 11.1 Å². The van der Waals surface area contributed by atoms with E-state index in [9.17, 15) is 9.59 Å². The van der Waals surface area contributed by atoms with Gasteiger partial charge in [-0.3, -0.25) is 14.5 Å². The van der Waals surface area contributed by atoms with Crippen molar-refractivity contribution in [3.63, 3.8) is 0 Å². The van der Waals surface area contributed by atoms with Crippen molar-refractivity contribution in [1.29, 1.82) is 0 Å². The molecule has 4 nitrogen and oxygen atoms in total. The van der Waals surface area contributed by atoms with Crippen molar-refractivity contribution in [2.45, 2.75) is 13.5 Å². The van der Waals surface area contributed by atoms with Gasteiger partial charge in [-0.1, -0.05) is 66.2 Å². The number of anilines is 2. The fraction of sp³-hybridized carbons (Fsp3) is 0.0909. The maximum absolute atomic E-state index is 12.9. The van der Waals surface area contributed by atoms with E-state index in [1.807, 2.05) is 48.5 Å². The molecule has 0 bridgehead atoms. The lowest BCUT2D eigenvalue weighted by Crippen LogP contribution is -2.39. The van der Waals surface area contributed by atoms with Gasteiger partial charge < -0.3 is 5.32 Å². The Morgan fingerprint density at radius 1 is 0.889 bits per heavy atom. The van der Waals surface area contributed by atoms with Crippen LogP contribution in [-0.4, -0.2) is 11.8 Å². The molecule has 2 amide bonds. The topological polar surface area (TPSA) is 49.4 Å². The Morgan fingerprint density at radius 2 is 1.52 bits per heavy atom. The Hall–Kier alpha value is -3.11. The molecule has 0 aliphatic carbocycles. The number of halogens is 1. The van der Waals surface area contributed by atoms with Gasteiger partial charge in [-0.25, -0.2) is 0 Å². The highest BCUT2D eigenvalue weighted by atomic mass is 35.5. The molecule has 0 aliphatic rings. The average molecular weight is 379 g/mol. The first-order chi connectivity index (χ1) is 13.1. The smallest absolute Gasteiger partial charge is 0.316 e. The van der Waals surface area contributed by atoms with Crippen LogP contribution in [0.3, 0.4) is 0 Å². The van der Waals surface area contributed by atoms with Gasteiger partial charge in [0.15, 0.2) is 0 Å². The van der Waals surface area contributed by atoms with Crippen molar-refractivity contribution < 1.29 is 9.59 Å². The van der Waals surface area contributed by atoms with Gasteiger partial charge in [-0.05, 0) is 42.3 Å². The van der Waals surface area contributed by atoms with Crippen molar-refractivity contribution in [1.82, 2.24) is 0 Å². The number of amides is 2. The largest absolute Gasteiger partial charge is 0.317 e. The summed E-state index contributed by atoms with van der Waals surface area (Å²) >= 11 is 6.10. The predicted molar refractivity (Wildman–Crippen MR) is 109 cm³/mol. The number of hydrogen-bond donors (Lipinski definition) is 1. The molecule has 0 unspecified atom stereocenters. The van der Waals surface area contributed by atoms with Crippen LogP contribution in [0.5, 0.6) is 0 Å². The molecular weight excluding hydrogens is 360 g/mol. The van der Waals surface area contributed by atoms with E-state index in [1.165, 1.54) is 4.90 Å². The lowest BCUT2D eigenvalue weighted by Gasteiger charge is -2.22. The molecule has 27 heavy (non-hydrogen) atoms. The molecule has 3 rings (SSSR count). The second-order valence-electron chi connectivity index (χ2n) is 6.08. The van der Waals surface area contributed by atoms with Gasteiger partial charge in [-0.2, -0.15) is 0 Å². The Bertz CT molecular complexity index is 943. The summed E-state index contributed by atoms with van der Waals surface area (Å²) in [5, 5.41) is 3.20. The summed E-state index contributed by atoms with van der Waals surface area (Å²) in [6, 6.07) is 23.9. The van der Waals surface area contributed by atoms with Gasteiger partial charge in [0, 0.05) is 16.4 Å².